The Kier molecular flexibility index (Phi) is 17.5. The second-order valence-electron chi connectivity index (χ2n) is 9.60. The SMILES string of the molecule is CCCCC(CC)COc1ccc(PC(=O)c2c(OC)cccc2OC)c(OCC(CC)CCCC)c1.[LiH]. The molecule has 0 aromatic heterocycles. The van der Waals surface area contributed by atoms with Crippen LogP contribution in [0.4, 0.5) is 0 Å². The molecule has 0 saturated carbocycles. The summed E-state index contributed by atoms with van der Waals surface area (Å²) in [5.41, 5.74) is 0.421. The second-order valence-corrected chi connectivity index (χ2v) is 10.8. The molecule has 0 radical (unpaired) electrons. The van der Waals surface area contributed by atoms with E-state index in [4.69, 9.17) is 18.9 Å². The number of hydrogen-bond acceptors (Lipinski definition) is 5. The first-order valence-electron chi connectivity index (χ1n) is 13.9. The molecule has 0 aliphatic carbocycles. The number of carbonyl (C=O) groups is 1. The van der Waals surface area contributed by atoms with Crippen LogP contribution in [0.3, 0.4) is 0 Å². The van der Waals surface area contributed by atoms with Gasteiger partial charge in [-0.05, 0) is 57.5 Å². The van der Waals surface area contributed by atoms with E-state index in [9.17, 15) is 4.79 Å². The molecule has 0 N–H and O–H groups in total. The zero-order valence-electron chi connectivity index (χ0n) is 23.7. The van der Waals surface area contributed by atoms with Crippen molar-refractivity contribution >= 4 is 38.3 Å². The minimum absolute atomic E-state index is 0. The molecular weight excluding hydrogens is 490 g/mol. The van der Waals surface area contributed by atoms with Gasteiger partial charge in [0.15, 0.2) is 5.52 Å². The molecule has 0 fully saturated rings. The monoisotopic (exact) mass is 538 g/mol. The van der Waals surface area contributed by atoms with Gasteiger partial charge in [-0.3, -0.25) is 4.79 Å². The molecule has 2 aromatic carbocycles. The predicted molar refractivity (Wildman–Crippen MR) is 163 cm³/mol. The van der Waals surface area contributed by atoms with Gasteiger partial charge in [0.05, 0.1) is 27.4 Å². The van der Waals surface area contributed by atoms with Gasteiger partial charge >= 0.3 is 18.9 Å². The molecule has 208 valence electrons. The summed E-state index contributed by atoms with van der Waals surface area (Å²) in [7, 11) is 3.01. The molecule has 0 bridgehead atoms. The van der Waals surface area contributed by atoms with Crippen LogP contribution in [0.1, 0.15) is 89.4 Å². The number of carbonyl (C=O) groups excluding carboxylic acids is 1. The maximum atomic E-state index is 13.5. The van der Waals surface area contributed by atoms with E-state index in [1.807, 2.05) is 24.3 Å². The van der Waals surface area contributed by atoms with Crippen molar-refractivity contribution in [3.05, 3.63) is 42.0 Å². The summed E-state index contributed by atoms with van der Waals surface area (Å²) in [4.78, 5) is 13.5. The standard InChI is InChI=1S/C31H47O5P.Li.H/c1-7-11-14-23(9-3)21-35-25-18-19-29(28(20-25)36-22-24(10-4)15-12-8-2)37-31(32)30-26(33-5)16-13-17-27(30)34-6;;/h13,16-20,23-24,37H,7-12,14-15,21-22H2,1-6H3;;. The maximum absolute atomic E-state index is 13.5. The van der Waals surface area contributed by atoms with E-state index in [2.05, 4.69) is 27.7 Å². The molecule has 0 aliphatic heterocycles. The Labute approximate surface area is 244 Å². The number of methoxy groups -OCH3 is 2. The van der Waals surface area contributed by atoms with Crippen LogP contribution >= 0.6 is 8.58 Å². The fraction of sp³-hybridized carbons (Fsp3) is 0.581. The van der Waals surface area contributed by atoms with E-state index in [0.29, 0.717) is 42.1 Å². The van der Waals surface area contributed by atoms with E-state index in [0.717, 1.165) is 36.1 Å². The van der Waals surface area contributed by atoms with E-state index < -0.39 is 0 Å². The second kappa shape index (κ2) is 19.4. The van der Waals surface area contributed by atoms with Crippen molar-refractivity contribution in [2.24, 2.45) is 11.8 Å². The zero-order chi connectivity index (χ0) is 27.0. The van der Waals surface area contributed by atoms with Gasteiger partial charge in [0.2, 0.25) is 0 Å². The van der Waals surface area contributed by atoms with Crippen molar-refractivity contribution in [1.29, 1.82) is 0 Å². The Morgan fingerprint density at radius 1 is 0.789 bits per heavy atom. The average molecular weight is 539 g/mol. The van der Waals surface area contributed by atoms with Gasteiger partial charge in [-0.2, -0.15) is 0 Å². The number of hydrogen-bond donors (Lipinski definition) is 0. The summed E-state index contributed by atoms with van der Waals surface area (Å²) in [6, 6.07) is 11.3. The van der Waals surface area contributed by atoms with Crippen LogP contribution in [0, 0.1) is 11.8 Å². The molecule has 0 aliphatic rings. The van der Waals surface area contributed by atoms with Crippen LogP contribution in [0.2, 0.25) is 0 Å². The molecule has 5 nitrogen and oxygen atoms in total. The Bertz CT molecular complexity index is 930. The Morgan fingerprint density at radius 3 is 1.84 bits per heavy atom. The van der Waals surface area contributed by atoms with Gasteiger partial charge in [-0.15, -0.1) is 0 Å². The van der Waals surface area contributed by atoms with Crippen molar-refractivity contribution in [3.63, 3.8) is 0 Å². The fourth-order valence-corrected chi connectivity index (χ4v) is 5.34. The van der Waals surface area contributed by atoms with Gasteiger partial charge in [0.1, 0.15) is 28.6 Å². The van der Waals surface area contributed by atoms with Crippen molar-refractivity contribution < 1.29 is 23.7 Å². The quantitative estimate of drug-likeness (QED) is 0.138. The first kappa shape index (κ1) is 34.4. The molecule has 0 amide bonds. The average Bonchev–Trinajstić information content (AvgIpc) is 2.93. The van der Waals surface area contributed by atoms with Crippen molar-refractivity contribution in [2.45, 2.75) is 79.1 Å². The molecule has 2 rings (SSSR count). The normalized spacial score (nSPS) is 12.6. The summed E-state index contributed by atoms with van der Waals surface area (Å²) in [6.45, 7) is 10.2. The summed E-state index contributed by atoms with van der Waals surface area (Å²) in [6.07, 6.45) is 9.30. The summed E-state index contributed by atoms with van der Waals surface area (Å²) in [5, 5.41) is 0.869. The third kappa shape index (κ3) is 10.8. The van der Waals surface area contributed by atoms with Gasteiger partial charge in [0, 0.05) is 11.4 Å². The molecule has 0 saturated heterocycles. The number of ether oxygens (including phenoxy) is 4. The fourth-order valence-electron chi connectivity index (χ4n) is 4.29. The van der Waals surface area contributed by atoms with E-state index in [1.165, 1.54) is 32.1 Å². The molecule has 3 unspecified atom stereocenters. The van der Waals surface area contributed by atoms with Gasteiger partial charge < -0.3 is 18.9 Å². The van der Waals surface area contributed by atoms with Crippen LogP contribution in [0.5, 0.6) is 23.0 Å². The third-order valence-electron chi connectivity index (χ3n) is 6.90. The van der Waals surface area contributed by atoms with Crippen LogP contribution in [-0.4, -0.2) is 51.8 Å². The Balaban J connectivity index is 0.00000722. The Hall–Kier alpha value is -1.66. The minimum atomic E-state index is -0.127. The number of unbranched alkanes of at least 4 members (excludes halogenated alkanes) is 2. The van der Waals surface area contributed by atoms with Gasteiger partial charge in [-0.25, -0.2) is 0 Å². The van der Waals surface area contributed by atoms with Crippen molar-refractivity contribution in [3.8, 4) is 23.0 Å². The molecule has 3 atom stereocenters. The third-order valence-corrected chi connectivity index (χ3v) is 8.06. The van der Waals surface area contributed by atoms with Crippen LogP contribution < -0.4 is 24.3 Å². The molecule has 0 spiro atoms. The molecule has 38 heavy (non-hydrogen) atoms. The van der Waals surface area contributed by atoms with E-state index >= 15 is 0 Å². The molecule has 7 heteroatoms. The van der Waals surface area contributed by atoms with Crippen LogP contribution in [-0.2, 0) is 0 Å². The molecule has 2 aromatic rings. The molecular formula is C31H48LiO5P. The summed E-state index contributed by atoms with van der Waals surface area (Å²) < 4.78 is 23.5. The van der Waals surface area contributed by atoms with E-state index in [1.54, 1.807) is 26.4 Å². The first-order valence-corrected chi connectivity index (χ1v) is 14.9. The van der Waals surface area contributed by atoms with Crippen LogP contribution in [0.15, 0.2) is 36.4 Å². The molecule has 0 heterocycles. The Morgan fingerprint density at radius 2 is 1.34 bits per heavy atom. The summed E-state index contributed by atoms with van der Waals surface area (Å²) >= 11 is 0. The number of rotatable bonds is 19. The summed E-state index contributed by atoms with van der Waals surface area (Å²) in [5.74, 6) is 3.59. The number of benzene rings is 2. The van der Waals surface area contributed by atoms with Crippen molar-refractivity contribution in [2.75, 3.05) is 27.4 Å². The predicted octanol–water partition coefficient (Wildman–Crippen LogP) is 7.39. The first-order chi connectivity index (χ1) is 18.0. The van der Waals surface area contributed by atoms with Crippen LogP contribution in [0.25, 0.3) is 0 Å². The topological polar surface area (TPSA) is 54.0 Å². The van der Waals surface area contributed by atoms with Gasteiger partial charge in [0.25, 0.3) is 0 Å². The van der Waals surface area contributed by atoms with Gasteiger partial charge in [-0.1, -0.05) is 72.3 Å². The zero-order valence-corrected chi connectivity index (χ0v) is 24.7. The van der Waals surface area contributed by atoms with Crippen molar-refractivity contribution in [1.82, 2.24) is 0 Å². The van der Waals surface area contributed by atoms with E-state index in [-0.39, 0.29) is 33.0 Å².